The van der Waals surface area contributed by atoms with Crippen LogP contribution in [0.25, 0.3) is 0 Å². The average molecular weight is 420 g/mol. The molecule has 1 heterocycles. The second-order valence-electron chi connectivity index (χ2n) is 7.88. The standard InChI is InChI=1S/C22H33N3O5/c1-7-21(27)23-17-8-9-18-19(10-17)30-13-15(3)25(16(4)26)11-14(2)20(29-6)12-24(5)22(18)28/h8-10,14-15,20H,7,11-13H2,1-6H3,(H,23,27)/t14-,15-,20-/m0/s1. The van der Waals surface area contributed by atoms with Gasteiger partial charge in [0.15, 0.2) is 0 Å². The van der Waals surface area contributed by atoms with Crippen LogP contribution in [0.4, 0.5) is 5.69 Å². The van der Waals surface area contributed by atoms with Crippen LogP contribution >= 0.6 is 0 Å². The molecule has 0 saturated heterocycles. The molecule has 0 aromatic heterocycles. The van der Waals surface area contributed by atoms with Gasteiger partial charge in [-0.15, -0.1) is 0 Å². The molecule has 8 nitrogen and oxygen atoms in total. The van der Waals surface area contributed by atoms with E-state index in [9.17, 15) is 14.4 Å². The van der Waals surface area contributed by atoms with Crippen molar-refractivity contribution in [2.45, 2.75) is 46.3 Å². The van der Waals surface area contributed by atoms with Crippen molar-refractivity contribution in [3.05, 3.63) is 23.8 Å². The Morgan fingerprint density at radius 2 is 1.97 bits per heavy atom. The Kier molecular flexibility index (Phi) is 8.23. The molecule has 1 aromatic rings. The first-order valence-electron chi connectivity index (χ1n) is 10.3. The fourth-order valence-electron chi connectivity index (χ4n) is 3.54. The van der Waals surface area contributed by atoms with Crippen molar-refractivity contribution in [1.82, 2.24) is 9.80 Å². The first kappa shape index (κ1) is 23.7. The molecule has 0 radical (unpaired) electrons. The zero-order chi connectivity index (χ0) is 22.4. The molecular weight excluding hydrogens is 386 g/mol. The van der Waals surface area contributed by atoms with E-state index >= 15 is 0 Å². The molecule has 0 fully saturated rings. The summed E-state index contributed by atoms with van der Waals surface area (Å²) in [5.41, 5.74) is 0.958. The van der Waals surface area contributed by atoms with E-state index in [4.69, 9.17) is 9.47 Å². The van der Waals surface area contributed by atoms with Crippen molar-refractivity contribution >= 4 is 23.4 Å². The van der Waals surface area contributed by atoms with Crippen molar-refractivity contribution in [2.75, 3.05) is 39.2 Å². The van der Waals surface area contributed by atoms with Crippen LogP contribution < -0.4 is 10.1 Å². The van der Waals surface area contributed by atoms with E-state index in [2.05, 4.69) is 5.32 Å². The fraction of sp³-hybridized carbons (Fsp3) is 0.591. The van der Waals surface area contributed by atoms with Crippen molar-refractivity contribution in [2.24, 2.45) is 5.92 Å². The number of rotatable bonds is 3. The summed E-state index contributed by atoms with van der Waals surface area (Å²) in [7, 11) is 3.33. The summed E-state index contributed by atoms with van der Waals surface area (Å²) in [5.74, 6) is 0.0446. The average Bonchev–Trinajstić information content (AvgIpc) is 2.72. The van der Waals surface area contributed by atoms with E-state index < -0.39 is 0 Å². The molecule has 0 spiro atoms. The van der Waals surface area contributed by atoms with E-state index in [1.54, 1.807) is 56.0 Å². The summed E-state index contributed by atoms with van der Waals surface area (Å²) in [6, 6.07) is 4.80. The predicted molar refractivity (Wildman–Crippen MR) is 115 cm³/mol. The van der Waals surface area contributed by atoms with Crippen LogP contribution in [-0.2, 0) is 14.3 Å². The van der Waals surface area contributed by atoms with Crippen molar-refractivity contribution < 1.29 is 23.9 Å². The molecule has 0 bridgehead atoms. The van der Waals surface area contributed by atoms with Gasteiger partial charge in [-0.05, 0) is 19.1 Å². The molecule has 3 atom stereocenters. The van der Waals surface area contributed by atoms with E-state index in [-0.39, 0.29) is 42.4 Å². The smallest absolute Gasteiger partial charge is 0.257 e. The van der Waals surface area contributed by atoms with Gasteiger partial charge in [-0.2, -0.15) is 0 Å². The Bertz CT molecular complexity index is 782. The van der Waals surface area contributed by atoms with Gasteiger partial charge in [-0.25, -0.2) is 0 Å². The van der Waals surface area contributed by atoms with Gasteiger partial charge in [0.05, 0.1) is 17.7 Å². The number of amides is 3. The van der Waals surface area contributed by atoms with E-state index in [1.165, 1.54) is 0 Å². The minimum atomic E-state index is -0.222. The zero-order valence-corrected chi connectivity index (χ0v) is 18.7. The SMILES string of the molecule is CCC(=O)Nc1ccc2c(c1)OC[C@H](C)N(C(C)=O)C[C@H](C)[C@@H](OC)CN(C)C2=O. The number of anilines is 1. The lowest BCUT2D eigenvalue weighted by Crippen LogP contribution is -2.48. The summed E-state index contributed by atoms with van der Waals surface area (Å²) in [4.78, 5) is 40.5. The number of hydrogen-bond acceptors (Lipinski definition) is 5. The number of hydrogen-bond donors (Lipinski definition) is 1. The number of methoxy groups -OCH3 is 1. The molecule has 8 heteroatoms. The Morgan fingerprint density at radius 1 is 1.27 bits per heavy atom. The molecule has 1 aromatic carbocycles. The second-order valence-corrected chi connectivity index (χ2v) is 7.88. The van der Waals surface area contributed by atoms with Crippen LogP contribution in [0.3, 0.4) is 0 Å². The highest BCUT2D eigenvalue weighted by molar-refractivity contribution is 5.98. The summed E-state index contributed by atoms with van der Waals surface area (Å²) in [6.07, 6.45) is 0.126. The predicted octanol–water partition coefficient (Wildman–Crippen LogP) is 2.39. The minimum Gasteiger partial charge on any atom is -0.491 e. The van der Waals surface area contributed by atoms with Crippen LogP contribution in [0.15, 0.2) is 18.2 Å². The molecule has 3 amide bonds. The largest absolute Gasteiger partial charge is 0.491 e. The second kappa shape index (κ2) is 10.4. The van der Waals surface area contributed by atoms with Gasteiger partial charge in [-0.1, -0.05) is 13.8 Å². The Balaban J connectivity index is 2.44. The Hall–Kier alpha value is -2.61. The monoisotopic (exact) mass is 419 g/mol. The Morgan fingerprint density at radius 3 is 2.57 bits per heavy atom. The maximum absolute atomic E-state index is 13.1. The third-order valence-electron chi connectivity index (χ3n) is 5.46. The molecule has 0 aliphatic carbocycles. The third-order valence-corrected chi connectivity index (χ3v) is 5.46. The number of fused-ring (bicyclic) bond motifs is 1. The summed E-state index contributed by atoms with van der Waals surface area (Å²) >= 11 is 0. The lowest BCUT2D eigenvalue weighted by molar-refractivity contribution is -0.133. The minimum absolute atomic E-state index is 0.0297. The van der Waals surface area contributed by atoms with Gasteiger partial charge in [0.25, 0.3) is 5.91 Å². The van der Waals surface area contributed by atoms with Gasteiger partial charge in [0.1, 0.15) is 12.4 Å². The maximum atomic E-state index is 13.1. The van der Waals surface area contributed by atoms with Gasteiger partial charge >= 0.3 is 0 Å². The van der Waals surface area contributed by atoms with Gasteiger partial charge < -0.3 is 24.6 Å². The number of carbonyl (C=O) groups is 3. The molecule has 2 rings (SSSR count). The number of nitrogens with one attached hydrogen (secondary N) is 1. The van der Waals surface area contributed by atoms with Crippen LogP contribution in [0.1, 0.15) is 44.5 Å². The van der Waals surface area contributed by atoms with Gasteiger partial charge in [-0.3, -0.25) is 14.4 Å². The topological polar surface area (TPSA) is 88.2 Å². The number of ether oxygens (including phenoxy) is 2. The van der Waals surface area contributed by atoms with Crippen LogP contribution in [0.5, 0.6) is 5.75 Å². The van der Waals surface area contributed by atoms with Crippen LogP contribution in [0.2, 0.25) is 0 Å². The highest BCUT2D eigenvalue weighted by atomic mass is 16.5. The Labute approximate surface area is 178 Å². The van der Waals surface area contributed by atoms with Crippen molar-refractivity contribution in [3.63, 3.8) is 0 Å². The van der Waals surface area contributed by atoms with E-state index in [0.29, 0.717) is 36.5 Å². The molecule has 1 aliphatic heterocycles. The van der Waals surface area contributed by atoms with Crippen molar-refractivity contribution in [1.29, 1.82) is 0 Å². The van der Waals surface area contributed by atoms with Crippen molar-refractivity contribution in [3.8, 4) is 5.75 Å². The van der Waals surface area contributed by atoms with Gasteiger partial charge in [0, 0.05) is 58.3 Å². The molecule has 1 aliphatic rings. The number of likely N-dealkylation sites (N-methyl/N-ethyl adjacent to an activating group) is 1. The normalized spacial score (nSPS) is 23.0. The molecule has 0 unspecified atom stereocenters. The number of carbonyl (C=O) groups excluding carboxylic acids is 3. The summed E-state index contributed by atoms with van der Waals surface area (Å²) in [6.45, 7) is 8.34. The highest BCUT2D eigenvalue weighted by Gasteiger charge is 2.29. The number of nitrogens with zero attached hydrogens (tertiary/aromatic N) is 2. The van der Waals surface area contributed by atoms with E-state index in [0.717, 1.165) is 0 Å². The molecule has 1 N–H and O–H groups in total. The van der Waals surface area contributed by atoms with Crippen LogP contribution in [-0.4, -0.2) is 73.5 Å². The molecule has 166 valence electrons. The van der Waals surface area contributed by atoms with Gasteiger partial charge in [0.2, 0.25) is 11.8 Å². The van der Waals surface area contributed by atoms with E-state index in [1.807, 2.05) is 13.8 Å². The summed E-state index contributed by atoms with van der Waals surface area (Å²) in [5, 5.41) is 2.79. The molecule has 30 heavy (non-hydrogen) atoms. The lowest BCUT2D eigenvalue weighted by atomic mass is 10.0. The number of benzene rings is 1. The lowest BCUT2D eigenvalue weighted by Gasteiger charge is -2.35. The van der Waals surface area contributed by atoms with Crippen LogP contribution in [0, 0.1) is 5.92 Å². The zero-order valence-electron chi connectivity index (χ0n) is 18.7. The highest BCUT2D eigenvalue weighted by Crippen LogP contribution is 2.27. The fourth-order valence-corrected chi connectivity index (χ4v) is 3.54. The molecule has 0 saturated carbocycles. The summed E-state index contributed by atoms with van der Waals surface area (Å²) < 4.78 is 11.6. The third kappa shape index (κ3) is 5.72. The first-order valence-corrected chi connectivity index (χ1v) is 10.3. The quantitative estimate of drug-likeness (QED) is 0.813. The molecular formula is C22H33N3O5. The first-order chi connectivity index (χ1) is 14.2. The maximum Gasteiger partial charge on any atom is 0.257 e.